The summed E-state index contributed by atoms with van der Waals surface area (Å²) in [7, 11) is 0. The molecule has 0 amide bonds. The average molecular weight is 275 g/mol. The first-order valence-corrected chi connectivity index (χ1v) is 4.51. The zero-order valence-electron chi connectivity index (χ0n) is 9.01. The van der Waals surface area contributed by atoms with Crippen LogP contribution in [0.4, 0.5) is 0 Å². The first-order valence-electron chi connectivity index (χ1n) is 4.51. The van der Waals surface area contributed by atoms with E-state index in [-0.39, 0.29) is 40.0 Å². The van der Waals surface area contributed by atoms with Crippen LogP contribution in [0.25, 0.3) is 0 Å². The normalized spacial score (nSPS) is 9.57. The summed E-state index contributed by atoms with van der Waals surface area (Å²) in [5, 5.41) is 0. The zero-order valence-corrected chi connectivity index (χ0v) is 12.0. The van der Waals surface area contributed by atoms with Gasteiger partial charge in [0.15, 0.2) is 0 Å². The summed E-state index contributed by atoms with van der Waals surface area (Å²) >= 11 is 0. The van der Waals surface area contributed by atoms with Crippen LogP contribution in [0.2, 0.25) is 0 Å². The molecule has 0 rings (SSSR count). The van der Waals surface area contributed by atoms with Crippen molar-refractivity contribution in [2.75, 3.05) is 20.0 Å². The molecular formula is C10H19BrMgO2. The van der Waals surface area contributed by atoms with E-state index in [1.807, 2.05) is 6.08 Å². The van der Waals surface area contributed by atoms with Crippen molar-refractivity contribution in [1.29, 1.82) is 0 Å². The summed E-state index contributed by atoms with van der Waals surface area (Å²) in [5.74, 6) is 0. The Morgan fingerprint density at radius 2 is 1.79 bits per heavy atom. The molecule has 0 aliphatic rings. The molecule has 80 valence electrons. The molecule has 2 nitrogen and oxygen atoms in total. The summed E-state index contributed by atoms with van der Waals surface area (Å²) in [4.78, 5) is 0. The van der Waals surface area contributed by atoms with E-state index in [4.69, 9.17) is 9.47 Å². The van der Waals surface area contributed by atoms with Gasteiger partial charge in [0, 0.05) is 6.61 Å². The second kappa shape index (κ2) is 19.5. The minimum absolute atomic E-state index is 0. The van der Waals surface area contributed by atoms with E-state index >= 15 is 0 Å². The van der Waals surface area contributed by atoms with Crippen LogP contribution in [0.5, 0.6) is 0 Å². The molecule has 0 heterocycles. The second-order valence-corrected chi connectivity index (χ2v) is 2.48. The third-order valence-corrected chi connectivity index (χ3v) is 1.28. The van der Waals surface area contributed by atoms with Crippen LogP contribution in [0.3, 0.4) is 0 Å². The van der Waals surface area contributed by atoms with Gasteiger partial charge in [0.05, 0.1) is 6.61 Å². The third-order valence-electron chi connectivity index (χ3n) is 1.28. The quantitative estimate of drug-likeness (QED) is 0.189. The maximum Gasteiger partial charge on any atom is 2.00 e. The topological polar surface area (TPSA) is 18.5 Å². The van der Waals surface area contributed by atoms with Gasteiger partial charge in [-0.2, -0.15) is 6.42 Å². The fourth-order valence-corrected chi connectivity index (χ4v) is 0.708. The molecule has 0 saturated heterocycles. The Hall–Kier alpha value is 0.906. The summed E-state index contributed by atoms with van der Waals surface area (Å²) < 4.78 is 10.3. The van der Waals surface area contributed by atoms with Crippen LogP contribution in [-0.4, -0.2) is 43.1 Å². The molecule has 0 N–H and O–H groups in total. The number of allylic oxidation sites excluding steroid dienone is 1. The van der Waals surface area contributed by atoms with Gasteiger partial charge >= 0.3 is 23.1 Å². The fraction of sp³-hybridized carbons (Fsp3) is 0.700. The van der Waals surface area contributed by atoms with E-state index in [2.05, 4.69) is 19.9 Å². The van der Waals surface area contributed by atoms with E-state index in [0.29, 0.717) is 6.79 Å². The minimum atomic E-state index is 0. The Morgan fingerprint density at radius 1 is 1.14 bits per heavy atom. The van der Waals surface area contributed by atoms with Gasteiger partial charge < -0.3 is 33.4 Å². The van der Waals surface area contributed by atoms with Crippen molar-refractivity contribution in [1.82, 2.24) is 0 Å². The molecule has 0 fully saturated rings. The molecule has 0 saturated carbocycles. The van der Waals surface area contributed by atoms with Gasteiger partial charge in [0.1, 0.15) is 6.79 Å². The van der Waals surface area contributed by atoms with Crippen molar-refractivity contribution in [2.24, 2.45) is 0 Å². The van der Waals surface area contributed by atoms with Crippen LogP contribution in [-0.2, 0) is 9.47 Å². The molecular weight excluding hydrogens is 256 g/mol. The number of ether oxygens (including phenoxy) is 2. The molecule has 0 unspecified atom stereocenters. The third kappa shape index (κ3) is 18.6. The van der Waals surface area contributed by atoms with Crippen molar-refractivity contribution < 1.29 is 26.5 Å². The van der Waals surface area contributed by atoms with Crippen molar-refractivity contribution in [2.45, 2.75) is 26.2 Å². The molecule has 0 aromatic carbocycles. The Kier molecular flexibility index (Phi) is 28.3. The molecule has 0 aromatic rings. The molecule has 0 atom stereocenters. The monoisotopic (exact) mass is 274 g/mol. The molecule has 0 aromatic heterocycles. The van der Waals surface area contributed by atoms with E-state index in [1.54, 1.807) is 0 Å². The maximum absolute atomic E-state index is 5.19. The van der Waals surface area contributed by atoms with E-state index in [1.165, 1.54) is 0 Å². The number of halogens is 1. The Morgan fingerprint density at radius 3 is 2.36 bits per heavy atom. The van der Waals surface area contributed by atoms with E-state index in [9.17, 15) is 0 Å². The van der Waals surface area contributed by atoms with Crippen molar-refractivity contribution in [3.8, 4) is 0 Å². The van der Waals surface area contributed by atoms with Crippen LogP contribution in [0.15, 0.2) is 12.2 Å². The van der Waals surface area contributed by atoms with Crippen LogP contribution in [0, 0.1) is 6.92 Å². The molecule has 0 bridgehead atoms. The first kappa shape index (κ1) is 20.3. The van der Waals surface area contributed by atoms with Crippen molar-refractivity contribution in [3.05, 3.63) is 19.1 Å². The Labute approximate surface area is 114 Å². The molecule has 4 heteroatoms. The fourth-order valence-electron chi connectivity index (χ4n) is 0.708. The van der Waals surface area contributed by atoms with Crippen LogP contribution in [0.1, 0.15) is 26.2 Å². The number of rotatable bonds is 8. The smallest absolute Gasteiger partial charge is 1.00 e. The van der Waals surface area contributed by atoms with Gasteiger partial charge in [-0.25, -0.2) is 0 Å². The van der Waals surface area contributed by atoms with Gasteiger partial charge in [0.2, 0.25) is 0 Å². The zero-order chi connectivity index (χ0) is 9.07. The van der Waals surface area contributed by atoms with E-state index in [0.717, 1.165) is 32.5 Å². The largest absolute Gasteiger partial charge is 2.00 e. The van der Waals surface area contributed by atoms with Gasteiger partial charge in [-0.05, 0) is 12.8 Å². The molecule has 0 aliphatic heterocycles. The Balaban J connectivity index is -0.000000605. The maximum atomic E-state index is 5.19. The summed E-state index contributed by atoms with van der Waals surface area (Å²) in [5.41, 5.74) is 0. The van der Waals surface area contributed by atoms with Crippen molar-refractivity contribution in [3.63, 3.8) is 0 Å². The van der Waals surface area contributed by atoms with Gasteiger partial charge in [-0.1, -0.05) is 13.0 Å². The van der Waals surface area contributed by atoms with Gasteiger partial charge in [-0.15, -0.1) is 6.08 Å². The summed E-state index contributed by atoms with van der Waals surface area (Å²) in [6.07, 6.45) is 6.96. The molecule has 0 radical (unpaired) electrons. The SMILES string of the molecule is [Br-].[CH2-]C/C=C/CCOCOCCC.[Mg+2]. The van der Waals surface area contributed by atoms with Crippen molar-refractivity contribution >= 4 is 23.1 Å². The standard InChI is InChI=1S/C10H19O2.BrH.Mg/c1-3-5-6-7-9-12-10-11-8-4-2;;/h5-6H,1,3-4,7-10H2,2H3;1H;/q-1;;+2/p-1/b6-5+;;. The Bertz CT molecular complexity index is 110. The molecule has 0 spiro atoms. The van der Waals surface area contributed by atoms with Crippen LogP contribution < -0.4 is 17.0 Å². The second-order valence-electron chi connectivity index (χ2n) is 2.48. The number of hydrogen-bond donors (Lipinski definition) is 0. The predicted octanol–water partition coefficient (Wildman–Crippen LogP) is -0.819. The van der Waals surface area contributed by atoms with Gasteiger partial charge in [0.25, 0.3) is 0 Å². The summed E-state index contributed by atoms with van der Waals surface area (Å²) in [6, 6.07) is 0. The predicted molar refractivity (Wildman–Crippen MR) is 56.5 cm³/mol. The summed E-state index contributed by atoms with van der Waals surface area (Å²) in [6.45, 7) is 7.72. The number of hydrogen-bond acceptors (Lipinski definition) is 2. The van der Waals surface area contributed by atoms with E-state index < -0.39 is 0 Å². The molecule has 0 aliphatic carbocycles. The van der Waals surface area contributed by atoms with Gasteiger partial charge in [-0.3, -0.25) is 0 Å². The first-order chi connectivity index (χ1) is 5.91. The molecule has 14 heavy (non-hydrogen) atoms. The average Bonchev–Trinajstić information content (AvgIpc) is 2.10. The van der Waals surface area contributed by atoms with Crippen LogP contribution >= 0.6 is 0 Å². The minimum Gasteiger partial charge on any atom is -1.00 e.